The van der Waals surface area contributed by atoms with Crippen LogP contribution in [0.3, 0.4) is 0 Å². The van der Waals surface area contributed by atoms with Crippen LogP contribution in [-0.4, -0.2) is 15.6 Å². The lowest BCUT2D eigenvalue weighted by Crippen LogP contribution is -2.09. The van der Waals surface area contributed by atoms with Crippen LogP contribution >= 0.6 is 15.9 Å². The summed E-state index contributed by atoms with van der Waals surface area (Å²) >= 11 is 3.29. The fraction of sp³-hybridized carbons (Fsp3) is 0.200. The molecule has 0 aliphatic carbocycles. The number of ketones is 1. The molecule has 0 fully saturated rings. The molecule has 0 atom stereocenters. The lowest BCUT2D eigenvalue weighted by atomic mass is 10.1. The minimum Gasteiger partial charge on any atom is -0.469 e. The quantitative estimate of drug-likeness (QED) is 0.786. The summed E-state index contributed by atoms with van der Waals surface area (Å²) in [5.74, 6) is 0.529. The monoisotopic (exact) mass is 268 g/mol. The highest BCUT2D eigenvalue weighted by Gasteiger charge is 2.20. The molecular weight excluding hydrogens is 260 g/mol. The number of carbonyl (C=O) groups excluding carboxylic acids is 1. The maximum absolute atomic E-state index is 12.1. The molecule has 0 unspecified atom stereocenters. The average molecular weight is 269 g/mol. The van der Waals surface area contributed by atoms with Crippen molar-refractivity contribution in [3.63, 3.8) is 0 Å². The summed E-state index contributed by atoms with van der Waals surface area (Å²) in [5, 5.41) is 4.00. The van der Waals surface area contributed by atoms with Crippen molar-refractivity contribution in [1.82, 2.24) is 9.78 Å². The van der Waals surface area contributed by atoms with E-state index in [0.29, 0.717) is 21.5 Å². The van der Waals surface area contributed by atoms with Crippen LogP contribution in [0.1, 0.15) is 21.8 Å². The van der Waals surface area contributed by atoms with E-state index in [1.165, 1.54) is 6.26 Å². The number of hydrogen-bond donors (Lipinski definition) is 0. The van der Waals surface area contributed by atoms with Gasteiger partial charge < -0.3 is 4.42 Å². The molecule has 5 heteroatoms. The molecule has 2 aromatic heterocycles. The molecule has 0 saturated heterocycles. The summed E-state index contributed by atoms with van der Waals surface area (Å²) in [6.07, 6.45) is 3.11. The van der Waals surface area contributed by atoms with Gasteiger partial charge in [-0.3, -0.25) is 9.48 Å². The predicted molar refractivity (Wildman–Crippen MR) is 57.8 cm³/mol. The normalized spacial score (nSPS) is 10.6. The molecule has 0 radical (unpaired) electrons. The maximum atomic E-state index is 12.1. The number of aryl methyl sites for hydroxylation is 2. The largest absolute Gasteiger partial charge is 0.469 e. The molecule has 15 heavy (non-hydrogen) atoms. The van der Waals surface area contributed by atoms with Crippen molar-refractivity contribution in [2.75, 3.05) is 0 Å². The molecule has 2 heterocycles. The Morgan fingerprint density at radius 2 is 2.33 bits per heavy atom. The highest BCUT2D eigenvalue weighted by molar-refractivity contribution is 9.10. The number of carbonyl (C=O) groups is 1. The predicted octanol–water partition coefficient (Wildman–Crippen LogP) is 2.32. The molecule has 0 saturated carbocycles. The fourth-order valence-electron chi connectivity index (χ4n) is 1.41. The van der Waals surface area contributed by atoms with Gasteiger partial charge in [0.05, 0.1) is 22.5 Å². The number of hydrogen-bond acceptors (Lipinski definition) is 3. The van der Waals surface area contributed by atoms with E-state index in [-0.39, 0.29) is 5.78 Å². The first kappa shape index (κ1) is 10.2. The van der Waals surface area contributed by atoms with Crippen molar-refractivity contribution in [3.8, 4) is 0 Å². The van der Waals surface area contributed by atoms with Gasteiger partial charge in [0.25, 0.3) is 0 Å². The molecule has 2 aromatic rings. The Bertz CT molecular complexity index is 494. The number of furan rings is 1. The Morgan fingerprint density at radius 1 is 1.60 bits per heavy atom. The van der Waals surface area contributed by atoms with Gasteiger partial charge in [0.15, 0.2) is 0 Å². The first-order chi connectivity index (χ1) is 7.11. The SMILES string of the molecule is Cc1occc1C(=O)c1c(Br)cnn1C. The van der Waals surface area contributed by atoms with E-state index < -0.39 is 0 Å². The second-order valence-corrected chi connectivity index (χ2v) is 4.04. The average Bonchev–Trinajstić information content (AvgIpc) is 2.73. The lowest BCUT2D eigenvalue weighted by molar-refractivity contribution is 0.102. The van der Waals surface area contributed by atoms with E-state index in [2.05, 4.69) is 21.0 Å². The second kappa shape index (κ2) is 3.66. The van der Waals surface area contributed by atoms with Gasteiger partial charge in [-0.2, -0.15) is 5.10 Å². The van der Waals surface area contributed by atoms with Crippen molar-refractivity contribution >= 4 is 21.7 Å². The van der Waals surface area contributed by atoms with Crippen LogP contribution in [0.15, 0.2) is 27.4 Å². The topological polar surface area (TPSA) is 48.0 Å². The van der Waals surface area contributed by atoms with Crippen LogP contribution in [-0.2, 0) is 7.05 Å². The minimum absolute atomic E-state index is 0.0897. The highest BCUT2D eigenvalue weighted by atomic mass is 79.9. The molecule has 0 bridgehead atoms. The summed E-state index contributed by atoms with van der Waals surface area (Å²) in [6.45, 7) is 1.76. The molecule has 0 amide bonds. The third-order valence-corrected chi connectivity index (χ3v) is 2.79. The van der Waals surface area contributed by atoms with Gasteiger partial charge in [0, 0.05) is 7.05 Å². The summed E-state index contributed by atoms with van der Waals surface area (Å²) < 4.78 is 7.33. The standard InChI is InChI=1S/C10H9BrN2O2/c1-6-7(3-4-15-6)10(14)9-8(11)5-12-13(9)2/h3-5H,1-2H3. The van der Waals surface area contributed by atoms with Crippen molar-refractivity contribution in [2.45, 2.75) is 6.92 Å². The van der Waals surface area contributed by atoms with Crippen LogP contribution in [0.25, 0.3) is 0 Å². The smallest absolute Gasteiger partial charge is 0.215 e. The zero-order chi connectivity index (χ0) is 11.0. The maximum Gasteiger partial charge on any atom is 0.215 e. The molecule has 0 aliphatic rings. The van der Waals surface area contributed by atoms with Crippen molar-refractivity contribution < 1.29 is 9.21 Å². The Kier molecular flexibility index (Phi) is 2.48. The van der Waals surface area contributed by atoms with E-state index in [1.54, 1.807) is 30.9 Å². The zero-order valence-electron chi connectivity index (χ0n) is 8.32. The second-order valence-electron chi connectivity index (χ2n) is 3.18. The van der Waals surface area contributed by atoms with E-state index in [9.17, 15) is 4.79 Å². The first-order valence-corrected chi connectivity index (χ1v) is 5.17. The van der Waals surface area contributed by atoms with E-state index in [4.69, 9.17) is 4.42 Å². The molecule has 0 aliphatic heterocycles. The summed E-state index contributed by atoms with van der Waals surface area (Å²) in [6, 6.07) is 1.66. The van der Waals surface area contributed by atoms with Crippen LogP contribution < -0.4 is 0 Å². The molecule has 0 aromatic carbocycles. The number of aromatic nitrogens is 2. The Balaban J connectivity index is 2.50. The zero-order valence-corrected chi connectivity index (χ0v) is 9.91. The van der Waals surface area contributed by atoms with Crippen molar-refractivity contribution in [1.29, 1.82) is 0 Å². The van der Waals surface area contributed by atoms with Gasteiger partial charge in [-0.05, 0) is 28.9 Å². The molecular formula is C10H9BrN2O2. The van der Waals surface area contributed by atoms with Gasteiger partial charge >= 0.3 is 0 Å². The van der Waals surface area contributed by atoms with Gasteiger partial charge in [0.2, 0.25) is 5.78 Å². The Morgan fingerprint density at radius 3 is 2.80 bits per heavy atom. The van der Waals surface area contributed by atoms with E-state index >= 15 is 0 Å². The number of nitrogens with zero attached hydrogens (tertiary/aromatic N) is 2. The molecule has 0 N–H and O–H groups in total. The van der Waals surface area contributed by atoms with Gasteiger partial charge in [0.1, 0.15) is 11.5 Å². The summed E-state index contributed by atoms with van der Waals surface area (Å²) in [4.78, 5) is 12.1. The molecule has 4 nitrogen and oxygen atoms in total. The number of halogens is 1. The molecule has 0 spiro atoms. The van der Waals surface area contributed by atoms with Crippen LogP contribution in [0.4, 0.5) is 0 Å². The van der Waals surface area contributed by atoms with Crippen LogP contribution in [0.5, 0.6) is 0 Å². The van der Waals surface area contributed by atoms with Crippen LogP contribution in [0.2, 0.25) is 0 Å². The van der Waals surface area contributed by atoms with Crippen LogP contribution in [0, 0.1) is 6.92 Å². The van der Waals surface area contributed by atoms with Gasteiger partial charge in [-0.25, -0.2) is 0 Å². The number of rotatable bonds is 2. The summed E-state index contributed by atoms with van der Waals surface area (Å²) in [7, 11) is 1.73. The minimum atomic E-state index is -0.0897. The Labute approximate surface area is 95.0 Å². The Hall–Kier alpha value is -1.36. The first-order valence-electron chi connectivity index (χ1n) is 4.37. The fourth-order valence-corrected chi connectivity index (χ4v) is 1.94. The van der Waals surface area contributed by atoms with Crippen molar-refractivity contribution in [3.05, 3.63) is 40.0 Å². The third kappa shape index (κ3) is 1.63. The third-order valence-electron chi connectivity index (χ3n) is 2.21. The molecule has 2 rings (SSSR count). The lowest BCUT2D eigenvalue weighted by Gasteiger charge is -2.00. The van der Waals surface area contributed by atoms with Crippen molar-refractivity contribution in [2.24, 2.45) is 7.05 Å². The van der Waals surface area contributed by atoms with Gasteiger partial charge in [-0.1, -0.05) is 0 Å². The van der Waals surface area contributed by atoms with E-state index in [0.717, 1.165) is 0 Å². The van der Waals surface area contributed by atoms with E-state index in [1.807, 2.05) is 0 Å². The summed E-state index contributed by atoms with van der Waals surface area (Å²) in [5.41, 5.74) is 1.10. The highest BCUT2D eigenvalue weighted by Crippen LogP contribution is 2.21. The van der Waals surface area contributed by atoms with Gasteiger partial charge in [-0.15, -0.1) is 0 Å². The molecule has 78 valence electrons.